The normalized spacial score (nSPS) is 11.4. The van der Waals surface area contributed by atoms with Gasteiger partial charge in [0.2, 0.25) is 0 Å². The molecule has 0 spiro atoms. The van der Waals surface area contributed by atoms with Crippen LogP contribution in [0.2, 0.25) is 0 Å². The Morgan fingerprint density at radius 2 is 1.95 bits per heavy atom. The van der Waals surface area contributed by atoms with Gasteiger partial charge in [0.25, 0.3) is 0 Å². The van der Waals surface area contributed by atoms with Crippen LogP contribution in [0.15, 0.2) is 36.7 Å². The third-order valence-electron chi connectivity index (χ3n) is 2.87. The van der Waals surface area contributed by atoms with E-state index in [1.54, 1.807) is 12.4 Å². The van der Waals surface area contributed by atoms with Gasteiger partial charge in [-0.3, -0.25) is 4.79 Å². The average Bonchev–Trinajstić information content (AvgIpc) is 2.85. The number of carbonyl (C=O) groups excluding carboxylic acids is 1. The van der Waals surface area contributed by atoms with Crippen molar-refractivity contribution < 1.29 is 22.7 Å². The van der Waals surface area contributed by atoms with Gasteiger partial charge in [0.1, 0.15) is 11.6 Å². The molecule has 0 aliphatic heterocycles. The Morgan fingerprint density at radius 3 is 2.52 bits per heavy atom. The Labute approximate surface area is 119 Å². The lowest BCUT2D eigenvalue weighted by molar-refractivity contribution is -0.274. The summed E-state index contributed by atoms with van der Waals surface area (Å²) >= 11 is 0. The molecular formula is C14H13F3N2O2. The van der Waals surface area contributed by atoms with Crippen LogP contribution in [0.5, 0.6) is 5.75 Å². The Balaban J connectivity index is 2.06. The fourth-order valence-corrected chi connectivity index (χ4v) is 1.88. The summed E-state index contributed by atoms with van der Waals surface area (Å²) in [7, 11) is 0. The first-order chi connectivity index (χ1) is 9.89. The number of aryl methyl sites for hydroxylation is 1. The number of aromatic nitrogens is 2. The van der Waals surface area contributed by atoms with E-state index in [0.717, 1.165) is 12.1 Å². The molecule has 2 rings (SSSR count). The second-order valence-corrected chi connectivity index (χ2v) is 4.30. The largest absolute Gasteiger partial charge is 0.573 e. The molecule has 7 heteroatoms. The van der Waals surface area contributed by atoms with Gasteiger partial charge < -0.3 is 9.30 Å². The van der Waals surface area contributed by atoms with Gasteiger partial charge in [0.15, 0.2) is 5.78 Å². The van der Waals surface area contributed by atoms with Gasteiger partial charge in [-0.2, -0.15) is 0 Å². The molecule has 0 saturated carbocycles. The van der Waals surface area contributed by atoms with Crippen LogP contribution in [0, 0.1) is 0 Å². The molecule has 112 valence electrons. The van der Waals surface area contributed by atoms with Gasteiger partial charge in [0, 0.05) is 24.5 Å². The highest BCUT2D eigenvalue weighted by atomic mass is 19.4. The monoisotopic (exact) mass is 298 g/mol. The van der Waals surface area contributed by atoms with Crippen molar-refractivity contribution >= 4 is 5.78 Å². The number of carbonyl (C=O) groups is 1. The van der Waals surface area contributed by atoms with Gasteiger partial charge in [-0.05, 0) is 31.2 Å². The second kappa shape index (κ2) is 5.99. The highest BCUT2D eigenvalue weighted by molar-refractivity contribution is 5.97. The molecule has 21 heavy (non-hydrogen) atoms. The van der Waals surface area contributed by atoms with Gasteiger partial charge >= 0.3 is 6.36 Å². The van der Waals surface area contributed by atoms with Crippen molar-refractivity contribution in [3.63, 3.8) is 0 Å². The minimum Gasteiger partial charge on any atom is -0.406 e. The van der Waals surface area contributed by atoms with Gasteiger partial charge in [-0.1, -0.05) is 0 Å². The number of hydrogen-bond donors (Lipinski definition) is 0. The van der Waals surface area contributed by atoms with E-state index in [2.05, 4.69) is 9.72 Å². The first-order valence-electron chi connectivity index (χ1n) is 6.28. The van der Waals surface area contributed by atoms with E-state index in [-0.39, 0.29) is 18.0 Å². The molecule has 1 heterocycles. The molecule has 0 saturated heterocycles. The molecule has 0 bridgehead atoms. The molecule has 0 aliphatic rings. The number of alkyl halides is 3. The maximum absolute atomic E-state index is 12.1. The van der Waals surface area contributed by atoms with Crippen LogP contribution in [0.4, 0.5) is 13.2 Å². The predicted octanol–water partition coefficient (Wildman–Crippen LogP) is 3.23. The van der Waals surface area contributed by atoms with Crippen molar-refractivity contribution in [2.75, 3.05) is 0 Å². The van der Waals surface area contributed by atoms with Crippen LogP contribution >= 0.6 is 0 Å². The van der Waals surface area contributed by atoms with Gasteiger partial charge in [0.05, 0.1) is 6.42 Å². The van der Waals surface area contributed by atoms with Crippen LogP contribution in [0.3, 0.4) is 0 Å². The number of imidazole rings is 1. The summed E-state index contributed by atoms with van der Waals surface area (Å²) in [5.74, 6) is 0.0571. The maximum Gasteiger partial charge on any atom is 0.573 e. The molecule has 0 aliphatic carbocycles. The molecule has 1 aromatic heterocycles. The number of nitrogens with zero attached hydrogens (tertiary/aromatic N) is 2. The van der Waals surface area contributed by atoms with E-state index in [9.17, 15) is 18.0 Å². The molecule has 2 aromatic rings. The molecule has 0 atom stereocenters. The Bertz CT molecular complexity index is 618. The molecule has 0 N–H and O–H groups in total. The van der Waals surface area contributed by atoms with Crippen molar-refractivity contribution in [2.45, 2.75) is 26.3 Å². The van der Waals surface area contributed by atoms with Crippen molar-refractivity contribution in [3.8, 4) is 5.75 Å². The van der Waals surface area contributed by atoms with E-state index in [4.69, 9.17) is 0 Å². The fourth-order valence-electron chi connectivity index (χ4n) is 1.88. The summed E-state index contributed by atoms with van der Waals surface area (Å²) in [6, 6.07) is 4.85. The summed E-state index contributed by atoms with van der Waals surface area (Å²) in [6.45, 7) is 2.62. The third-order valence-corrected chi connectivity index (χ3v) is 2.87. The molecule has 0 radical (unpaired) electrons. The van der Waals surface area contributed by atoms with E-state index in [1.807, 2.05) is 11.5 Å². The minimum atomic E-state index is -4.74. The highest BCUT2D eigenvalue weighted by Crippen LogP contribution is 2.23. The summed E-state index contributed by atoms with van der Waals surface area (Å²) < 4.78 is 41.7. The van der Waals surface area contributed by atoms with Crippen LogP contribution in [-0.4, -0.2) is 21.7 Å². The summed E-state index contributed by atoms with van der Waals surface area (Å²) in [5, 5.41) is 0. The molecule has 0 fully saturated rings. The molecular weight excluding hydrogens is 285 g/mol. The lowest BCUT2D eigenvalue weighted by Gasteiger charge is -2.09. The van der Waals surface area contributed by atoms with E-state index in [0.29, 0.717) is 17.9 Å². The van der Waals surface area contributed by atoms with E-state index < -0.39 is 6.36 Å². The van der Waals surface area contributed by atoms with Crippen molar-refractivity contribution in [1.29, 1.82) is 0 Å². The molecule has 0 amide bonds. The maximum atomic E-state index is 12.1. The number of rotatable bonds is 5. The first-order valence-corrected chi connectivity index (χ1v) is 6.28. The van der Waals surface area contributed by atoms with Crippen molar-refractivity contribution in [2.24, 2.45) is 0 Å². The quantitative estimate of drug-likeness (QED) is 0.796. The van der Waals surface area contributed by atoms with Crippen LogP contribution in [0.25, 0.3) is 0 Å². The number of benzene rings is 1. The fraction of sp³-hybridized carbons (Fsp3) is 0.286. The Morgan fingerprint density at radius 1 is 1.29 bits per heavy atom. The highest BCUT2D eigenvalue weighted by Gasteiger charge is 2.31. The molecule has 0 unspecified atom stereocenters. The number of ketones is 1. The number of halogens is 3. The minimum absolute atomic E-state index is 0.0975. The van der Waals surface area contributed by atoms with E-state index >= 15 is 0 Å². The third kappa shape index (κ3) is 4.08. The summed E-state index contributed by atoms with van der Waals surface area (Å²) in [6.07, 6.45) is -1.27. The van der Waals surface area contributed by atoms with Crippen molar-refractivity contribution in [3.05, 3.63) is 48.0 Å². The van der Waals surface area contributed by atoms with E-state index in [1.165, 1.54) is 12.1 Å². The van der Waals surface area contributed by atoms with Gasteiger partial charge in [-0.15, -0.1) is 13.2 Å². The van der Waals surface area contributed by atoms with Crippen LogP contribution < -0.4 is 4.74 Å². The average molecular weight is 298 g/mol. The second-order valence-electron chi connectivity index (χ2n) is 4.30. The molecule has 4 nitrogen and oxygen atoms in total. The number of hydrogen-bond acceptors (Lipinski definition) is 3. The van der Waals surface area contributed by atoms with Crippen LogP contribution in [-0.2, 0) is 13.0 Å². The number of Topliss-reactive ketones (excluding diaryl/α,β-unsaturated/α-hetero) is 1. The zero-order valence-electron chi connectivity index (χ0n) is 11.2. The summed E-state index contributed by atoms with van der Waals surface area (Å²) in [4.78, 5) is 16.1. The predicted molar refractivity (Wildman–Crippen MR) is 69.1 cm³/mol. The zero-order chi connectivity index (χ0) is 15.5. The van der Waals surface area contributed by atoms with Crippen LogP contribution in [0.1, 0.15) is 23.1 Å². The van der Waals surface area contributed by atoms with Gasteiger partial charge in [-0.25, -0.2) is 4.98 Å². The zero-order valence-corrected chi connectivity index (χ0v) is 11.2. The lowest BCUT2D eigenvalue weighted by atomic mass is 10.1. The first kappa shape index (κ1) is 15.1. The summed E-state index contributed by atoms with van der Waals surface area (Å²) in [5.41, 5.74) is 0.315. The molecule has 1 aromatic carbocycles. The van der Waals surface area contributed by atoms with Crippen molar-refractivity contribution in [1.82, 2.24) is 9.55 Å². The standard InChI is InChI=1S/C14H13F3N2O2/c1-2-19-8-7-18-13(19)9-12(20)10-3-5-11(6-4-10)21-14(15,16)17/h3-8H,2,9H2,1H3. The Kier molecular flexibility index (Phi) is 4.30. The lowest BCUT2D eigenvalue weighted by Crippen LogP contribution is -2.17. The smallest absolute Gasteiger partial charge is 0.406 e. The Hall–Kier alpha value is -2.31. The number of ether oxygens (including phenoxy) is 1. The topological polar surface area (TPSA) is 44.1 Å². The SMILES string of the molecule is CCn1ccnc1CC(=O)c1ccc(OC(F)(F)F)cc1.